The van der Waals surface area contributed by atoms with Crippen LogP contribution < -0.4 is 30.0 Å². The van der Waals surface area contributed by atoms with Crippen molar-refractivity contribution in [2.45, 2.75) is 142 Å². The van der Waals surface area contributed by atoms with Gasteiger partial charge in [-0.25, -0.2) is 9.98 Å². The maximum absolute atomic E-state index is 8.56. The van der Waals surface area contributed by atoms with Gasteiger partial charge < -0.3 is 49.7 Å². The number of hydrogen-bond donors (Lipinski definition) is 4. The number of aliphatic hydroxyl groups is 2. The van der Waals surface area contributed by atoms with E-state index in [9.17, 15) is 0 Å². The molecule has 2 aliphatic rings. The van der Waals surface area contributed by atoms with Gasteiger partial charge in [0.25, 0.3) is 6.48 Å². The Morgan fingerprint density at radius 1 is 0.509 bits per heavy atom. The normalized spacial score (nSPS) is 13.2. The summed E-state index contributed by atoms with van der Waals surface area (Å²) in [6, 6.07) is 76.9. The number of nitrogens with one attached hydrogen (secondary N) is 1. The number of rotatable bonds is 23. The second-order valence-corrected chi connectivity index (χ2v) is 36.6. The number of aliphatic imine (C=N–C) groups is 2. The Labute approximate surface area is 699 Å². The van der Waals surface area contributed by atoms with Crippen LogP contribution >= 0.6 is 0 Å². The summed E-state index contributed by atoms with van der Waals surface area (Å²) in [6.07, 6.45) is 5.69. The summed E-state index contributed by atoms with van der Waals surface area (Å²) in [7, 11) is 15.7. The van der Waals surface area contributed by atoms with Gasteiger partial charge in [0.15, 0.2) is 8.24 Å². The molecule has 0 amide bonds. The molecule has 24 heteroatoms. The quantitative estimate of drug-likeness (QED) is 0.0120. The van der Waals surface area contributed by atoms with E-state index in [4.69, 9.17) is 30.2 Å². The Bertz CT molecular complexity index is 4370. The Morgan fingerprint density at radius 2 is 0.947 bits per heavy atom. The number of nitrogens with zero attached hydrogens (tertiary/aromatic N) is 11. The molecule has 5 N–H and O–H groups in total. The van der Waals surface area contributed by atoms with Crippen molar-refractivity contribution in [3.63, 3.8) is 0 Å². The molecule has 610 valence electrons. The van der Waals surface area contributed by atoms with E-state index in [1.165, 1.54) is 77.0 Å². The van der Waals surface area contributed by atoms with Crippen molar-refractivity contribution in [1.82, 2.24) is 19.2 Å². The summed E-state index contributed by atoms with van der Waals surface area (Å²) >= 11 is 2.46. The van der Waals surface area contributed by atoms with E-state index in [1.54, 1.807) is 20.2 Å². The molecule has 11 rings (SSSR count). The number of aryl methyl sites for hydroxylation is 9. The predicted octanol–water partition coefficient (Wildman–Crippen LogP) is 17.4. The number of benzene rings is 9. The fourth-order valence-electron chi connectivity index (χ4n) is 12.7. The van der Waals surface area contributed by atoms with Gasteiger partial charge in [-0.2, -0.15) is 0 Å². The standard InChI is InChI=1S/C19H27B2N4.C19H25B2N4.C18H24N2Si.C15H16N2.C7H9N.C7H16O3.C5H12O2.Pt/c2*1-16-9-7-11-18(13-16)24-15-25(19-12-8-10-17(2)14-19)21(23(5)6)20(24)22(3)4;1-15-8-6-10-17(12-15)19-14-20(21(3,4)5)18-11-7-9-16(2)13-18;1-12-5-3-7-14(9-12)16-11-17-15-8-4-6-13(2)10-15;1-6-3-2-4-7(8)5-6;1-4-8-7(9-5-2)10-6-3;1-4(6)3-5(2)7;/h7-15H,1-6H3;7-11,13-14H,1-6H3;6-14H,1-5H3;3-11H,1-2H3,(H,16,17);2-5H,8H2,1H3;7H,4-6H2,1-3H3;4-7H,3H2,1-2H3;/q+1;-1;;;;;;. The summed E-state index contributed by atoms with van der Waals surface area (Å²) in [5, 5.41) is 20.3. The molecule has 1 saturated heterocycles. The number of nitrogens with two attached hydrogens (primary N) is 1. The first kappa shape index (κ1) is 96.1. The van der Waals surface area contributed by atoms with Gasteiger partial charge in [-0.3, -0.25) is 9.30 Å². The first-order chi connectivity index (χ1) is 54.0. The van der Waals surface area contributed by atoms with Gasteiger partial charge in [0.05, 0.1) is 36.3 Å². The smallest absolute Gasteiger partial charge is 0.399 e. The number of aliphatic hydroxyl groups excluding tert-OH is 2. The van der Waals surface area contributed by atoms with Gasteiger partial charge in [-0.05, 0) is 242 Å². The van der Waals surface area contributed by atoms with E-state index in [2.05, 4.69) is 367 Å². The van der Waals surface area contributed by atoms with Crippen molar-refractivity contribution < 1.29 is 48.3 Å². The molecular weight excluding hydrogens is 1610 g/mol. The number of anilines is 6. The molecular formula is C90H129B4N13O5PtSi. The summed E-state index contributed by atoms with van der Waals surface area (Å²) in [5.74, 6) is 0. The largest absolute Gasteiger partial charge is 0.506 e. The van der Waals surface area contributed by atoms with E-state index in [0.29, 0.717) is 26.2 Å². The molecule has 2 atom stereocenters. The van der Waals surface area contributed by atoms with Crippen LogP contribution in [0, 0.1) is 68.4 Å². The number of hydrogen-bond acceptors (Lipinski definition) is 15. The van der Waals surface area contributed by atoms with E-state index in [-0.39, 0.29) is 39.7 Å². The average Bonchev–Trinajstić information content (AvgIpc) is 1.62. The van der Waals surface area contributed by atoms with Crippen LogP contribution in [0.15, 0.2) is 222 Å². The molecule has 2 unspecified atom stereocenters. The predicted molar refractivity (Wildman–Crippen MR) is 492 cm³/mol. The third-order valence-corrected chi connectivity index (χ3v) is 20.8. The van der Waals surface area contributed by atoms with E-state index in [1.807, 2.05) is 101 Å². The van der Waals surface area contributed by atoms with Crippen LogP contribution in [0.2, 0.25) is 19.6 Å². The van der Waals surface area contributed by atoms with Gasteiger partial charge in [0, 0.05) is 36.9 Å². The van der Waals surface area contributed by atoms with Gasteiger partial charge in [-0.15, -0.1) is 0 Å². The Hall–Kier alpha value is -8.54. The van der Waals surface area contributed by atoms with Crippen LogP contribution in [0.1, 0.15) is 91.1 Å². The van der Waals surface area contributed by atoms with Crippen LogP contribution in [0.5, 0.6) is 0 Å². The summed E-state index contributed by atoms with van der Waals surface area (Å²) in [5.41, 5.74) is 26.6. The van der Waals surface area contributed by atoms with Crippen molar-refractivity contribution in [3.05, 3.63) is 268 Å². The third-order valence-electron chi connectivity index (χ3n) is 17.9. The van der Waals surface area contributed by atoms with Gasteiger partial charge in [0.1, 0.15) is 11.4 Å². The first-order valence-corrected chi connectivity index (χ1v) is 43.9. The van der Waals surface area contributed by atoms with Crippen molar-refractivity contribution in [2.24, 2.45) is 9.98 Å². The van der Waals surface area contributed by atoms with Crippen LogP contribution in [0.25, 0.3) is 0 Å². The number of ether oxygens (including phenoxy) is 3. The molecule has 0 aliphatic carbocycles. The Morgan fingerprint density at radius 3 is 1.39 bits per heavy atom. The monoisotopic (exact) mass is 1740 g/mol. The van der Waals surface area contributed by atoms with Crippen LogP contribution in [-0.2, 0) is 33.6 Å². The third kappa shape index (κ3) is 32.3. The fraction of sp³-hybridized carbons (Fsp3) is 0.356. The SMILES string of the molecule is CC(O)CC(C)O.CCOC(OCC)OCC.Cc1cc[c-]c(N2B(N(C)C)B(N(C)C)N(c3cccc(C)c3)[C]2=[Pt])c1.Cc1cccc(N)c1.Cc1cccc(N2C=[N+](c3cccc(C)c3)B(N(C)C)B2N(C)C)c1.Cc1cccc(N=CN(c2cccc(C)c2)[Si](C)(C)C)c1.Cc1cccc(N=CNc2cccc(C)c2)c1. The van der Waals surface area contributed by atoms with E-state index < -0.39 is 14.7 Å². The van der Waals surface area contributed by atoms with Crippen LogP contribution in [-0.4, -0.2) is 188 Å². The molecule has 0 aromatic heterocycles. The molecule has 0 saturated carbocycles. The molecule has 114 heavy (non-hydrogen) atoms. The molecule has 2 aliphatic heterocycles. The zero-order valence-electron chi connectivity index (χ0n) is 72.7. The van der Waals surface area contributed by atoms with Crippen molar-refractivity contribution in [3.8, 4) is 0 Å². The molecule has 9 aromatic rings. The van der Waals surface area contributed by atoms with Crippen LogP contribution in [0.3, 0.4) is 0 Å². The maximum Gasteiger partial charge on any atom is 0.506 e. The first-order valence-electron chi connectivity index (χ1n) is 39.3. The molecule has 0 spiro atoms. The van der Waals surface area contributed by atoms with Crippen LogP contribution in [0.4, 0.5) is 51.2 Å². The molecule has 9 aromatic carbocycles. The van der Waals surface area contributed by atoms with Gasteiger partial charge in [0.2, 0.25) is 6.34 Å². The van der Waals surface area contributed by atoms with Crippen molar-refractivity contribution >= 4 is 110 Å². The van der Waals surface area contributed by atoms with E-state index >= 15 is 0 Å². The summed E-state index contributed by atoms with van der Waals surface area (Å²) in [4.78, 5) is 25.4. The zero-order chi connectivity index (χ0) is 84.4. The maximum atomic E-state index is 8.56. The minimum Gasteiger partial charge on any atom is -0.399 e. The minimum atomic E-state index is -1.53. The molecule has 1 fully saturated rings. The van der Waals surface area contributed by atoms with Crippen molar-refractivity contribution in [1.29, 1.82) is 0 Å². The average molecular weight is 1740 g/mol. The summed E-state index contributed by atoms with van der Waals surface area (Å²) in [6.45, 7) is 37.2. The van der Waals surface area contributed by atoms with Gasteiger partial charge in [-0.1, -0.05) is 105 Å². The fourth-order valence-corrected chi connectivity index (χ4v) is 15.2. The Kier molecular flexibility index (Phi) is 41.1. The molecule has 18 nitrogen and oxygen atoms in total. The molecule has 2 heterocycles. The van der Waals surface area contributed by atoms with Crippen molar-refractivity contribution in [2.75, 3.05) is 106 Å². The second kappa shape index (κ2) is 48.7. The number of nitrogen functional groups attached to an aromatic ring is 1. The Balaban J connectivity index is 0.000000248. The van der Waals surface area contributed by atoms with E-state index in [0.717, 1.165) is 28.4 Å². The summed E-state index contributed by atoms with van der Waals surface area (Å²) < 4.78 is 21.1. The molecule has 0 radical (unpaired) electrons. The molecule has 0 bridgehead atoms. The minimum absolute atomic E-state index is 0.177. The zero-order valence-corrected chi connectivity index (χ0v) is 76.0. The van der Waals surface area contributed by atoms with Gasteiger partial charge >= 0.3 is 183 Å². The topological polar surface area (TPSA) is 160 Å². The second-order valence-electron chi connectivity index (χ2n) is 30.8.